The molecule has 28 heavy (non-hydrogen) atoms. The van der Waals surface area contributed by atoms with Crippen LogP contribution in [0, 0.1) is 18.2 Å². The van der Waals surface area contributed by atoms with Crippen molar-refractivity contribution in [3.05, 3.63) is 70.5 Å². The minimum atomic E-state index is -0.356. The first kappa shape index (κ1) is 25.7. The van der Waals surface area contributed by atoms with Crippen molar-refractivity contribution in [3.8, 4) is 12.3 Å². The van der Waals surface area contributed by atoms with Crippen molar-refractivity contribution >= 4 is 25.5 Å². The molecule has 2 rings (SSSR count). The standard InChI is InChI=1S/C22H23FS.CH5N.CH2O/c1-5-18-14-17(15-20(23)21(18)24)9-7-6-8-16-10-12-19(13-11-16)22(2,3)4;2*1-2/h1,6,8,10-15,24H,7,9H2,2-4H3;2H2,1H3;1H2/b8-6+;;. The van der Waals surface area contributed by atoms with E-state index in [0.29, 0.717) is 5.56 Å². The number of thiol groups is 1. The summed E-state index contributed by atoms with van der Waals surface area (Å²) in [6.45, 7) is 8.62. The molecule has 0 atom stereocenters. The normalized spacial score (nSPS) is 10.4. The number of carbonyl (C=O) groups is 1. The maximum Gasteiger partial charge on any atom is 0.138 e. The number of terminal acetylenes is 1. The molecular formula is C24H30FNOS. The maximum atomic E-state index is 13.7. The zero-order valence-corrected chi connectivity index (χ0v) is 18.0. The SMILES string of the molecule is C#Cc1cc(CC/C=C/c2ccc(C(C)(C)C)cc2)cc(F)c1S.C=O.CN. The van der Waals surface area contributed by atoms with Gasteiger partial charge in [0, 0.05) is 5.56 Å². The highest BCUT2D eigenvalue weighted by Gasteiger charge is 2.12. The lowest BCUT2D eigenvalue weighted by atomic mass is 9.87. The van der Waals surface area contributed by atoms with E-state index in [0.717, 1.165) is 18.4 Å². The van der Waals surface area contributed by atoms with E-state index in [-0.39, 0.29) is 16.1 Å². The zero-order chi connectivity index (χ0) is 21.7. The maximum absolute atomic E-state index is 13.7. The lowest BCUT2D eigenvalue weighted by molar-refractivity contribution is -0.0979. The van der Waals surface area contributed by atoms with Gasteiger partial charge in [-0.25, -0.2) is 4.39 Å². The van der Waals surface area contributed by atoms with Gasteiger partial charge in [0.2, 0.25) is 0 Å². The second-order valence-electron chi connectivity index (χ2n) is 6.93. The monoisotopic (exact) mass is 399 g/mol. The Morgan fingerprint density at radius 2 is 1.75 bits per heavy atom. The number of aryl methyl sites for hydroxylation is 1. The fraction of sp³-hybridized carbons (Fsp3) is 0.292. The van der Waals surface area contributed by atoms with Gasteiger partial charge in [-0.3, -0.25) is 0 Å². The number of rotatable bonds is 4. The number of nitrogens with two attached hydrogens (primary N) is 1. The molecule has 2 aromatic rings. The average Bonchev–Trinajstić information content (AvgIpc) is 2.70. The largest absolute Gasteiger partial charge is 0.333 e. The molecule has 0 radical (unpaired) electrons. The molecule has 0 spiro atoms. The van der Waals surface area contributed by atoms with Gasteiger partial charge in [0.15, 0.2) is 0 Å². The second kappa shape index (κ2) is 12.9. The van der Waals surface area contributed by atoms with Gasteiger partial charge < -0.3 is 10.5 Å². The summed E-state index contributed by atoms with van der Waals surface area (Å²) in [6, 6.07) is 11.9. The van der Waals surface area contributed by atoms with Gasteiger partial charge in [-0.2, -0.15) is 0 Å². The number of benzene rings is 2. The molecule has 0 aliphatic carbocycles. The summed E-state index contributed by atoms with van der Waals surface area (Å²) < 4.78 is 13.7. The Labute approximate surface area is 174 Å². The molecule has 150 valence electrons. The Kier molecular flexibility index (Phi) is 11.8. The summed E-state index contributed by atoms with van der Waals surface area (Å²) >= 11 is 4.09. The highest BCUT2D eigenvalue weighted by atomic mass is 32.1. The van der Waals surface area contributed by atoms with Crippen LogP contribution in [-0.2, 0) is 16.6 Å². The van der Waals surface area contributed by atoms with E-state index in [1.807, 2.05) is 12.9 Å². The quantitative estimate of drug-likeness (QED) is 0.532. The molecule has 0 bridgehead atoms. The molecule has 2 nitrogen and oxygen atoms in total. The van der Waals surface area contributed by atoms with Gasteiger partial charge >= 0.3 is 0 Å². The molecule has 0 aliphatic heterocycles. The molecule has 0 aliphatic rings. The van der Waals surface area contributed by atoms with Crippen LogP contribution in [0.1, 0.15) is 49.4 Å². The van der Waals surface area contributed by atoms with E-state index in [1.54, 1.807) is 0 Å². The first-order valence-electron chi connectivity index (χ1n) is 8.93. The molecular weight excluding hydrogens is 369 g/mol. The fourth-order valence-corrected chi connectivity index (χ4v) is 2.67. The Balaban J connectivity index is 0.00000171. The first-order chi connectivity index (χ1) is 13.3. The van der Waals surface area contributed by atoms with E-state index >= 15 is 0 Å². The molecule has 0 saturated heterocycles. The van der Waals surface area contributed by atoms with Gasteiger partial charge in [-0.05, 0) is 54.1 Å². The van der Waals surface area contributed by atoms with Gasteiger partial charge in [0.1, 0.15) is 12.6 Å². The van der Waals surface area contributed by atoms with Crippen molar-refractivity contribution < 1.29 is 9.18 Å². The summed E-state index contributed by atoms with van der Waals surface area (Å²) in [7, 11) is 1.50. The minimum Gasteiger partial charge on any atom is -0.333 e. The lowest BCUT2D eigenvalue weighted by Gasteiger charge is -2.18. The number of allylic oxidation sites excluding steroid dienone is 1. The molecule has 2 N–H and O–H groups in total. The Morgan fingerprint density at radius 1 is 1.18 bits per heavy atom. The summed E-state index contributed by atoms with van der Waals surface area (Å²) in [5, 5.41) is 0. The zero-order valence-electron chi connectivity index (χ0n) is 17.1. The topological polar surface area (TPSA) is 43.1 Å². The lowest BCUT2D eigenvalue weighted by Crippen LogP contribution is -2.10. The van der Waals surface area contributed by atoms with Crippen LogP contribution in [0.4, 0.5) is 4.39 Å². The van der Waals surface area contributed by atoms with Gasteiger partial charge in [0.25, 0.3) is 0 Å². The van der Waals surface area contributed by atoms with Crippen molar-refractivity contribution in [1.82, 2.24) is 0 Å². The molecule has 0 heterocycles. The van der Waals surface area contributed by atoms with Crippen LogP contribution in [-0.4, -0.2) is 13.8 Å². The second-order valence-corrected chi connectivity index (χ2v) is 7.38. The predicted octanol–water partition coefficient (Wildman–Crippen LogP) is 5.43. The molecule has 4 heteroatoms. The van der Waals surface area contributed by atoms with Crippen LogP contribution in [0.3, 0.4) is 0 Å². The van der Waals surface area contributed by atoms with Gasteiger partial charge in [0.05, 0.1) is 4.90 Å². The summed E-state index contributed by atoms with van der Waals surface area (Å²) in [5.41, 5.74) is 8.56. The highest BCUT2D eigenvalue weighted by molar-refractivity contribution is 7.80. The Morgan fingerprint density at radius 3 is 2.25 bits per heavy atom. The van der Waals surface area contributed by atoms with Crippen LogP contribution >= 0.6 is 12.6 Å². The van der Waals surface area contributed by atoms with Crippen molar-refractivity contribution in [2.75, 3.05) is 7.05 Å². The minimum absolute atomic E-state index is 0.167. The smallest absolute Gasteiger partial charge is 0.138 e. The Bertz CT molecular complexity index is 799. The third-order valence-corrected chi connectivity index (χ3v) is 4.42. The first-order valence-corrected chi connectivity index (χ1v) is 9.37. The average molecular weight is 400 g/mol. The number of hydrogen-bond acceptors (Lipinski definition) is 3. The van der Waals surface area contributed by atoms with E-state index in [1.165, 1.54) is 24.2 Å². The van der Waals surface area contributed by atoms with Crippen LogP contribution in [0.15, 0.2) is 47.4 Å². The number of hydrogen-bond donors (Lipinski definition) is 2. The van der Waals surface area contributed by atoms with Crippen LogP contribution in [0.2, 0.25) is 0 Å². The number of halogens is 1. The highest BCUT2D eigenvalue weighted by Crippen LogP contribution is 2.23. The third kappa shape index (κ3) is 8.12. The molecule has 2 aromatic carbocycles. The molecule has 0 amide bonds. The van der Waals surface area contributed by atoms with Crippen molar-refractivity contribution in [2.45, 2.75) is 43.9 Å². The van der Waals surface area contributed by atoms with Crippen LogP contribution < -0.4 is 5.73 Å². The van der Waals surface area contributed by atoms with E-state index in [4.69, 9.17) is 11.2 Å². The molecule has 0 aromatic heterocycles. The Hall–Kier alpha value is -2.35. The van der Waals surface area contributed by atoms with E-state index in [9.17, 15) is 4.39 Å². The molecule has 0 fully saturated rings. The summed E-state index contributed by atoms with van der Waals surface area (Å²) in [4.78, 5) is 8.25. The third-order valence-electron chi connectivity index (χ3n) is 3.97. The van der Waals surface area contributed by atoms with Gasteiger partial charge in [-0.1, -0.05) is 63.1 Å². The van der Waals surface area contributed by atoms with Crippen LogP contribution in [0.5, 0.6) is 0 Å². The summed E-state index contributed by atoms with van der Waals surface area (Å²) in [5.74, 6) is 2.12. The van der Waals surface area contributed by atoms with Crippen molar-refractivity contribution in [1.29, 1.82) is 0 Å². The fourth-order valence-electron chi connectivity index (χ4n) is 2.47. The van der Waals surface area contributed by atoms with Crippen LogP contribution in [0.25, 0.3) is 6.08 Å². The number of carbonyl (C=O) groups excluding carboxylic acids is 1. The van der Waals surface area contributed by atoms with Gasteiger partial charge in [-0.15, -0.1) is 19.1 Å². The van der Waals surface area contributed by atoms with Crippen molar-refractivity contribution in [3.63, 3.8) is 0 Å². The predicted molar refractivity (Wildman–Crippen MR) is 121 cm³/mol. The van der Waals surface area contributed by atoms with E-state index in [2.05, 4.69) is 81.5 Å². The molecule has 0 saturated carbocycles. The van der Waals surface area contributed by atoms with E-state index < -0.39 is 0 Å². The van der Waals surface area contributed by atoms with Crippen molar-refractivity contribution in [2.24, 2.45) is 5.73 Å². The summed E-state index contributed by atoms with van der Waals surface area (Å²) in [6.07, 6.45) is 11.2. The molecule has 0 unspecified atom stereocenters.